The van der Waals surface area contributed by atoms with Gasteiger partial charge in [-0.25, -0.2) is 0 Å². The number of hydrogen-bond acceptors (Lipinski definition) is 3. The number of nitrogens with one attached hydrogen (secondary N) is 1. The van der Waals surface area contributed by atoms with Crippen molar-refractivity contribution in [3.8, 4) is 0 Å². The molecule has 2 heterocycles. The number of carboxylic acid groups (broad SMARTS) is 1. The minimum atomic E-state index is -0.876. The lowest BCUT2D eigenvalue weighted by molar-refractivity contribution is -0.137. The number of rotatable bonds is 2. The Hall–Kier alpha value is -1.78. The van der Waals surface area contributed by atoms with Gasteiger partial charge in [0.1, 0.15) is 11.5 Å². The standard InChI is InChI=1S/C11H13NO4/c1-6-4-8-11(16-6)7(5-10(14)15)2-3-9(13)12-8/h4,7H,2-3,5H2,1H3,(H,12,13)(H,14,15). The van der Waals surface area contributed by atoms with E-state index in [0.717, 1.165) is 0 Å². The van der Waals surface area contributed by atoms with Crippen molar-refractivity contribution >= 4 is 17.6 Å². The number of aryl methyl sites for hydroxylation is 1. The molecular formula is C11H13NO4. The number of aliphatic carboxylic acids is 1. The summed E-state index contributed by atoms with van der Waals surface area (Å²) in [4.78, 5) is 22.1. The quantitative estimate of drug-likeness (QED) is 0.802. The van der Waals surface area contributed by atoms with E-state index in [2.05, 4.69) is 5.32 Å². The van der Waals surface area contributed by atoms with Crippen molar-refractivity contribution in [2.24, 2.45) is 0 Å². The Morgan fingerprint density at radius 2 is 2.44 bits per heavy atom. The molecular weight excluding hydrogens is 210 g/mol. The Balaban J connectivity index is 2.33. The fourth-order valence-electron chi connectivity index (χ4n) is 1.99. The van der Waals surface area contributed by atoms with Crippen LogP contribution >= 0.6 is 0 Å². The highest BCUT2D eigenvalue weighted by Gasteiger charge is 2.27. The average molecular weight is 223 g/mol. The number of anilines is 1. The highest BCUT2D eigenvalue weighted by atomic mass is 16.4. The molecule has 16 heavy (non-hydrogen) atoms. The molecule has 1 aromatic heterocycles. The van der Waals surface area contributed by atoms with Gasteiger partial charge in [0.05, 0.1) is 12.1 Å². The SMILES string of the molecule is Cc1cc2c(o1)C(CC(=O)O)CCC(=O)N2. The summed E-state index contributed by atoms with van der Waals surface area (Å²) in [6.07, 6.45) is 0.841. The minimum absolute atomic E-state index is 0.00505. The molecule has 1 unspecified atom stereocenters. The fourth-order valence-corrected chi connectivity index (χ4v) is 1.99. The molecule has 1 aliphatic heterocycles. The molecule has 0 bridgehead atoms. The molecule has 0 aromatic carbocycles. The maximum absolute atomic E-state index is 11.4. The van der Waals surface area contributed by atoms with E-state index in [4.69, 9.17) is 9.52 Å². The molecule has 2 N–H and O–H groups in total. The van der Waals surface area contributed by atoms with Gasteiger partial charge in [0.25, 0.3) is 0 Å². The Kier molecular flexibility index (Phi) is 2.68. The molecule has 0 saturated heterocycles. The zero-order chi connectivity index (χ0) is 11.7. The molecule has 5 nitrogen and oxygen atoms in total. The first kappa shape index (κ1) is 10.7. The summed E-state index contributed by atoms with van der Waals surface area (Å²) in [6.45, 7) is 1.78. The van der Waals surface area contributed by atoms with Crippen molar-refractivity contribution in [1.82, 2.24) is 0 Å². The van der Waals surface area contributed by atoms with Gasteiger partial charge in [-0.3, -0.25) is 9.59 Å². The van der Waals surface area contributed by atoms with Gasteiger partial charge in [-0.15, -0.1) is 0 Å². The van der Waals surface area contributed by atoms with Crippen LogP contribution in [0.1, 0.15) is 36.7 Å². The van der Waals surface area contributed by atoms with Gasteiger partial charge in [-0.1, -0.05) is 0 Å². The van der Waals surface area contributed by atoms with E-state index in [1.54, 1.807) is 13.0 Å². The van der Waals surface area contributed by atoms with Crippen LogP contribution in [0.4, 0.5) is 5.69 Å². The second kappa shape index (κ2) is 4.00. The smallest absolute Gasteiger partial charge is 0.304 e. The fraction of sp³-hybridized carbons (Fsp3) is 0.455. The van der Waals surface area contributed by atoms with E-state index < -0.39 is 5.97 Å². The summed E-state index contributed by atoms with van der Waals surface area (Å²) in [5, 5.41) is 11.5. The molecule has 0 radical (unpaired) electrons. The van der Waals surface area contributed by atoms with Crippen LogP contribution in [-0.2, 0) is 9.59 Å². The lowest BCUT2D eigenvalue weighted by Crippen LogP contribution is -2.08. The third kappa shape index (κ3) is 2.08. The summed E-state index contributed by atoms with van der Waals surface area (Å²) in [6, 6.07) is 1.73. The van der Waals surface area contributed by atoms with Crippen LogP contribution in [0.2, 0.25) is 0 Å². The van der Waals surface area contributed by atoms with Gasteiger partial charge in [0.2, 0.25) is 5.91 Å². The van der Waals surface area contributed by atoms with Crippen molar-refractivity contribution in [1.29, 1.82) is 0 Å². The molecule has 2 rings (SSSR count). The zero-order valence-corrected chi connectivity index (χ0v) is 8.95. The number of furan rings is 1. The highest BCUT2D eigenvalue weighted by molar-refractivity contribution is 5.92. The maximum atomic E-state index is 11.4. The molecule has 86 valence electrons. The number of carboxylic acids is 1. The molecule has 1 aromatic rings. The Labute approximate surface area is 92.4 Å². The third-order valence-corrected chi connectivity index (χ3v) is 2.67. The summed E-state index contributed by atoms with van der Waals surface area (Å²) in [5.74, 6) is 0.0859. The number of fused-ring (bicyclic) bond motifs is 1. The van der Waals surface area contributed by atoms with Crippen LogP contribution in [0.3, 0.4) is 0 Å². The second-order valence-electron chi connectivity index (χ2n) is 4.02. The van der Waals surface area contributed by atoms with Crippen molar-refractivity contribution in [2.75, 3.05) is 5.32 Å². The van der Waals surface area contributed by atoms with Crippen LogP contribution < -0.4 is 5.32 Å². The van der Waals surface area contributed by atoms with E-state index in [-0.39, 0.29) is 18.2 Å². The van der Waals surface area contributed by atoms with Gasteiger partial charge in [0, 0.05) is 18.4 Å². The first-order chi connectivity index (χ1) is 7.56. The lowest BCUT2D eigenvalue weighted by Gasteiger charge is -2.09. The lowest BCUT2D eigenvalue weighted by atomic mass is 9.97. The highest BCUT2D eigenvalue weighted by Crippen LogP contribution is 2.36. The van der Waals surface area contributed by atoms with Crippen LogP contribution in [0, 0.1) is 6.92 Å². The normalized spacial score (nSPS) is 19.8. The van der Waals surface area contributed by atoms with Crippen molar-refractivity contribution in [2.45, 2.75) is 32.1 Å². The molecule has 1 atom stereocenters. The molecule has 1 aliphatic rings. The number of hydrogen-bond donors (Lipinski definition) is 2. The minimum Gasteiger partial charge on any atom is -0.481 e. The average Bonchev–Trinajstić information content (AvgIpc) is 2.47. The summed E-state index contributed by atoms with van der Waals surface area (Å²) in [5.41, 5.74) is 0.617. The molecule has 0 fully saturated rings. The van der Waals surface area contributed by atoms with E-state index in [1.165, 1.54) is 0 Å². The van der Waals surface area contributed by atoms with E-state index in [9.17, 15) is 9.59 Å². The van der Waals surface area contributed by atoms with Crippen LogP contribution in [-0.4, -0.2) is 17.0 Å². The van der Waals surface area contributed by atoms with E-state index in [1.807, 2.05) is 0 Å². The largest absolute Gasteiger partial charge is 0.481 e. The number of carbonyl (C=O) groups excluding carboxylic acids is 1. The third-order valence-electron chi connectivity index (χ3n) is 2.67. The maximum Gasteiger partial charge on any atom is 0.304 e. The van der Waals surface area contributed by atoms with Crippen molar-refractivity contribution < 1.29 is 19.1 Å². The topological polar surface area (TPSA) is 79.5 Å². The predicted octanol–water partition coefficient (Wildman–Crippen LogP) is 1.88. The first-order valence-electron chi connectivity index (χ1n) is 5.18. The van der Waals surface area contributed by atoms with Gasteiger partial charge in [0.15, 0.2) is 0 Å². The monoisotopic (exact) mass is 223 g/mol. The van der Waals surface area contributed by atoms with E-state index in [0.29, 0.717) is 30.0 Å². The molecule has 5 heteroatoms. The van der Waals surface area contributed by atoms with Gasteiger partial charge in [-0.2, -0.15) is 0 Å². The Morgan fingerprint density at radius 1 is 1.69 bits per heavy atom. The predicted molar refractivity (Wildman–Crippen MR) is 56.3 cm³/mol. The number of carbonyl (C=O) groups is 2. The van der Waals surface area contributed by atoms with Crippen molar-refractivity contribution in [3.63, 3.8) is 0 Å². The Bertz CT molecular complexity index is 435. The Morgan fingerprint density at radius 3 is 3.12 bits per heavy atom. The molecule has 0 saturated carbocycles. The molecule has 0 spiro atoms. The summed E-state index contributed by atoms with van der Waals surface area (Å²) in [7, 11) is 0. The molecule has 1 amide bonds. The van der Waals surface area contributed by atoms with Crippen LogP contribution in [0.15, 0.2) is 10.5 Å². The number of amides is 1. The van der Waals surface area contributed by atoms with Crippen LogP contribution in [0.5, 0.6) is 0 Å². The van der Waals surface area contributed by atoms with Gasteiger partial charge < -0.3 is 14.8 Å². The summed E-state index contributed by atoms with van der Waals surface area (Å²) < 4.78 is 5.47. The summed E-state index contributed by atoms with van der Waals surface area (Å²) >= 11 is 0. The zero-order valence-electron chi connectivity index (χ0n) is 8.95. The second-order valence-corrected chi connectivity index (χ2v) is 4.02. The van der Waals surface area contributed by atoms with Gasteiger partial charge >= 0.3 is 5.97 Å². The van der Waals surface area contributed by atoms with Crippen molar-refractivity contribution in [3.05, 3.63) is 17.6 Å². The van der Waals surface area contributed by atoms with E-state index >= 15 is 0 Å². The van der Waals surface area contributed by atoms with Gasteiger partial charge in [-0.05, 0) is 13.3 Å². The first-order valence-corrected chi connectivity index (χ1v) is 5.18. The van der Waals surface area contributed by atoms with Crippen LogP contribution in [0.25, 0.3) is 0 Å². The molecule has 0 aliphatic carbocycles.